The number of rotatable bonds is 7. The second-order valence-corrected chi connectivity index (χ2v) is 7.58. The van der Waals surface area contributed by atoms with Crippen molar-refractivity contribution in [3.05, 3.63) is 29.8 Å². The van der Waals surface area contributed by atoms with Gasteiger partial charge in [0.15, 0.2) is 5.78 Å². The van der Waals surface area contributed by atoms with Crippen molar-refractivity contribution in [1.29, 1.82) is 0 Å². The number of amides is 1. The molecule has 0 saturated carbocycles. The Hall–Kier alpha value is -2.26. The molecule has 1 aliphatic rings. The Morgan fingerprint density at radius 2 is 1.88 bits per heavy atom. The van der Waals surface area contributed by atoms with Gasteiger partial charge in [-0.1, -0.05) is 12.1 Å². The number of nitrogens with zero attached hydrogens (tertiary/aromatic N) is 1. The van der Waals surface area contributed by atoms with Crippen LogP contribution in [0.4, 0.5) is 0 Å². The van der Waals surface area contributed by atoms with E-state index in [-0.39, 0.29) is 29.6 Å². The quantitative estimate of drug-likeness (QED) is 0.681. The number of benzene rings is 1. The summed E-state index contributed by atoms with van der Waals surface area (Å²) in [5.74, 6) is -1.60. The lowest BCUT2D eigenvalue weighted by atomic mass is 10.2. The predicted molar refractivity (Wildman–Crippen MR) is 88.6 cm³/mol. The molecule has 1 aliphatic heterocycles. The van der Waals surface area contributed by atoms with Crippen molar-refractivity contribution in [3.8, 4) is 0 Å². The van der Waals surface area contributed by atoms with E-state index in [1.54, 1.807) is 0 Å². The number of carbonyl (C=O) groups is 3. The predicted octanol–water partition coefficient (Wildman–Crippen LogP) is 0.633. The number of carboxylic acids is 1. The highest BCUT2D eigenvalue weighted by Crippen LogP contribution is 2.18. The van der Waals surface area contributed by atoms with Gasteiger partial charge in [0.2, 0.25) is 15.9 Å². The summed E-state index contributed by atoms with van der Waals surface area (Å²) in [6, 6.07) is 4.65. The van der Waals surface area contributed by atoms with Crippen LogP contribution in [0.5, 0.6) is 0 Å². The monoisotopic (exact) mass is 368 g/mol. The van der Waals surface area contributed by atoms with Gasteiger partial charge >= 0.3 is 5.97 Å². The first-order chi connectivity index (χ1) is 11.7. The normalized spacial score (nSPS) is 17.5. The Morgan fingerprint density at radius 3 is 2.44 bits per heavy atom. The highest BCUT2D eigenvalue weighted by molar-refractivity contribution is 7.89. The lowest BCUT2D eigenvalue weighted by Gasteiger charge is -2.21. The fourth-order valence-corrected chi connectivity index (χ4v) is 3.74. The summed E-state index contributed by atoms with van der Waals surface area (Å²) in [7, 11) is -3.80. The number of carboxylic acid groups (broad SMARTS) is 1. The second kappa shape index (κ2) is 7.75. The van der Waals surface area contributed by atoms with E-state index in [2.05, 4.69) is 4.72 Å². The first-order valence-corrected chi connectivity index (χ1v) is 9.33. The number of aliphatic carboxylic acids is 1. The molecule has 1 fully saturated rings. The van der Waals surface area contributed by atoms with E-state index in [4.69, 9.17) is 5.11 Å². The smallest absolute Gasteiger partial charge is 0.326 e. The van der Waals surface area contributed by atoms with Crippen molar-refractivity contribution in [1.82, 2.24) is 9.62 Å². The van der Waals surface area contributed by atoms with Crippen molar-refractivity contribution in [2.24, 2.45) is 0 Å². The van der Waals surface area contributed by atoms with Gasteiger partial charge in [-0.05, 0) is 31.9 Å². The lowest BCUT2D eigenvalue weighted by Crippen LogP contribution is -2.41. The summed E-state index contributed by atoms with van der Waals surface area (Å²) >= 11 is 0. The molecular weight excluding hydrogens is 348 g/mol. The van der Waals surface area contributed by atoms with E-state index in [1.165, 1.54) is 36.1 Å². The zero-order valence-corrected chi connectivity index (χ0v) is 14.6. The van der Waals surface area contributed by atoms with Crippen molar-refractivity contribution in [2.45, 2.75) is 37.1 Å². The third kappa shape index (κ3) is 4.64. The molecule has 0 bridgehead atoms. The first kappa shape index (κ1) is 19.1. The second-order valence-electron chi connectivity index (χ2n) is 5.81. The fourth-order valence-electron chi connectivity index (χ4n) is 2.71. The van der Waals surface area contributed by atoms with E-state index in [1.807, 2.05) is 0 Å². The van der Waals surface area contributed by atoms with Crippen LogP contribution in [-0.2, 0) is 19.6 Å². The zero-order chi connectivity index (χ0) is 18.6. The zero-order valence-electron chi connectivity index (χ0n) is 13.8. The van der Waals surface area contributed by atoms with Gasteiger partial charge in [0.25, 0.3) is 0 Å². The molecule has 9 heteroatoms. The minimum absolute atomic E-state index is 0.00506. The van der Waals surface area contributed by atoms with Crippen LogP contribution in [0.3, 0.4) is 0 Å². The summed E-state index contributed by atoms with van der Waals surface area (Å²) in [4.78, 5) is 35.6. The van der Waals surface area contributed by atoms with E-state index in [0.717, 1.165) is 0 Å². The van der Waals surface area contributed by atoms with Crippen LogP contribution in [0.15, 0.2) is 29.2 Å². The lowest BCUT2D eigenvalue weighted by molar-refractivity contribution is -0.148. The molecule has 0 aliphatic carbocycles. The number of Topliss-reactive ketones (excluding diaryl/α,β-unsaturated/α-hetero) is 1. The number of hydrogen-bond donors (Lipinski definition) is 2. The summed E-state index contributed by atoms with van der Waals surface area (Å²) < 4.78 is 26.7. The minimum atomic E-state index is -3.80. The van der Waals surface area contributed by atoms with Crippen LogP contribution in [0, 0.1) is 0 Å². The van der Waals surface area contributed by atoms with Gasteiger partial charge in [0.05, 0.1) is 4.90 Å². The number of hydrogen-bond acceptors (Lipinski definition) is 5. The molecule has 0 aromatic heterocycles. The SMILES string of the molecule is CC(=O)c1ccc(S(=O)(=O)NCCC(=O)N2CCCC2C(=O)O)cc1. The summed E-state index contributed by atoms with van der Waals surface area (Å²) in [6.45, 7) is 1.63. The summed E-state index contributed by atoms with van der Waals surface area (Å²) in [6.07, 6.45) is 0.917. The maximum Gasteiger partial charge on any atom is 0.326 e. The molecule has 0 spiro atoms. The molecule has 2 rings (SSSR count). The van der Waals surface area contributed by atoms with Crippen LogP contribution in [0.25, 0.3) is 0 Å². The average molecular weight is 368 g/mol. The Balaban J connectivity index is 1.92. The summed E-state index contributed by atoms with van der Waals surface area (Å²) in [5, 5.41) is 9.07. The van der Waals surface area contributed by atoms with Gasteiger partial charge in [0.1, 0.15) is 6.04 Å². The highest BCUT2D eigenvalue weighted by Gasteiger charge is 2.33. The van der Waals surface area contributed by atoms with Crippen LogP contribution in [0.1, 0.15) is 36.5 Å². The molecular formula is C16H20N2O6S. The standard InChI is InChI=1S/C16H20N2O6S/c1-11(19)12-4-6-13(7-5-12)25(23,24)17-9-8-15(20)18-10-2-3-14(18)16(21)22/h4-7,14,17H,2-3,8-10H2,1H3,(H,21,22). The molecule has 8 nitrogen and oxygen atoms in total. The number of sulfonamides is 1. The van der Waals surface area contributed by atoms with Gasteiger partial charge in [0, 0.05) is 25.1 Å². The average Bonchev–Trinajstić information content (AvgIpc) is 3.04. The van der Waals surface area contributed by atoms with Crippen LogP contribution in [-0.4, -0.2) is 55.2 Å². The first-order valence-electron chi connectivity index (χ1n) is 7.85. The largest absolute Gasteiger partial charge is 0.480 e. The third-order valence-corrected chi connectivity index (χ3v) is 5.54. The number of likely N-dealkylation sites (tertiary alicyclic amines) is 1. The number of nitrogens with one attached hydrogen (secondary N) is 1. The van der Waals surface area contributed by atoms with Gasteiger partial charge in [-0.25, -0.2) is 17.9 Å². The molecule has 1 amide bonds. The van der Waals surface area contributed by atoms with Crippen molar-refractivity contribution < 1.29 is 27.9 Å². The molecule has 1 unspecified atom stereocenters. The molecule has 1 saturated heterocycles. The topological polar surface area (TPSA) is 121 Å². The van der Waals surface area contributed by atoms with E-state index in [0.29, 0.717) is 24.9 Å². The number of carbonyl (C=O) groups excluding carboxylic acids is 2. The molecule has 1 aromatic carbocycles. The van der Waals surface area contributed by atoms with Crippen LogP contribution >= 0.6 is 0 Å². The Labute approximate surface area is 145 Å². The van der Waals surface area contributed by atoms with Gasteiger partial charge in [-0.3, -0.25) is 9.59 Å². The van der Waals surface area contributed by atoms with E-state index >= 15 is 0 Å². The Morgan fingerprint density at radius 1 is 1.24 bits per heavy atom. The van der Waals surface area contributed by atoms with E-state index in [9.17, 15) is 22.8 Å². The maximum atomic E-state index is 12.2. The van der Waals surface area contributed by atoms with Crippen molar-refractivity contribution >= 4 is 27.7 Å². The maximum absolute atomic E-state index is 12.2. The van der Waals surface area contributed by atoms with Gasteiger partial charge < -0.3 is 10.0 Å². The van der Waals surface area contributed by atoms with Gasteiger partial charge in [-0.2, -0.15) is 0 Å². The number of ketones is 1. The molecule has 2 N–H and O–H groups in total. The molecule has 136 valence electrons. The van der Waals surface area contributed by atoms with Crippen LogP contribution < -0.4 is 4.72 Å². The van der Waals surface area contributed by atoms with Gasteiger partial charge in [-0.15, -0.1) is 0 Å². The summed E-state index contributed by atoms with van der Waals surface area (Å²) in [5.41, 5.74) is 0.405. The molecule has 1 atom stereocenters. The van der Waals surface area contributed by atoms with Crippen molar-refractivity contribution in [2.75, 3.05) is 13.1 Å². The van der Waals surface area contributed by atoms with Crippen LogP contribution in [0.2, 0.25) is 0 Å². The van der Waals surface area contributed by atoms with E-state index < -0.39 is 22.0 Å². The van der Waals surface area contributed by atoms with Crippen molar-refractivity contribution in [3.63, 3.8) is 0 Å². The molecule has 0 radical (unpaired) electrons. The molecule has 1 heterocycles. The highest BCUT2D eigenvalue weighted by atomic mass is 32.2. The Bertz CT molecular complexity index is 772. The molecule has 25 heavy (non-hydrogen) atoms. The fraction of sp³-hybridized carbons (Fsp3) is 0.438. The molecule has 1 aromatic rings. The Kier molecular flexibility index (Phi) is 5.91. The third-order valence-electron chi connectivity index (χ3n) is 4.06. The minimum Gasteiger partial charge on any atom is -0.480 e.